The number of amides is 2. The minimum absolute atomic E-state index is 0.0407. The maximum atomic E-state index is 11.9. The molecule has 0 radical (unpaired) electrons. The number of hydrogen-bond acceptors (Lipinski definition) is 3. The average Bonchev–Trinajstić information content (AvgIpc) is 2.40. The number of benzene rings is 1. The fourth-order valence-electron chi connectivity index (χ4n) is 1.60. The van der Waals surface area contributed by atoms with Crippen molar-refractivity contribution in [1.29, 1.82) is 0 Å². The highest BCUT2D eigenvalue weighted by Crippen LogP contribution is 2.16. The molecule has 0 fully saturated rings. The second kappa shape index (κ2) is 7.72. The second-order valence-electron chi connectivity index (χ2n) is 4.30. The van der Waals surface area contributed by atoms with Crippen LogP contribution in [0.3, 0.4) is 0 Å². The molecule has 3 N–H and O–H groups in total. The molecule has 0 unspecified atom stereocenters. The molecule has 1 atom stereocenters. The lowest BCUT2D eigenvalue weighted by Crippen LogP contribution is -2.46. The van der Waals surface area contributed by atoms with Crippen molar-refractivity contribution in [2.45, 2.75) is 19.0 Å². The molecule has 0 heterocycles. The number of carboxylic acids is 1. The quantitative estimate of drug-likeness (QED) is 0.739. The summed E-state index contributed by atoms with van der Waals surface area (Å²) in [5.41, 5.74) is 0.765. The predicted molar refractivity (Wildman–Crippen MR) is 74.6 cm³/mol. The van der Waals surface area contributed by atoms with E-state index in [2.05, 4.69) is 5.32 Å². The zero-order chi connectivity index (χ0) is 15.1. The van der Waals surface area contributed by atoms with Gasteiger partial charge in [0, 0.05) is 31.6 Å². The first-order chi connectivity index (χ1) is 9.45. The lowest BCUT2D eigenvalue weighted by Gasteiger charge is -2.21. The van der Waals surface area contributed by atoms with Gasteiger partial charge in [-0.2, -0.15) is 0 Å². The Morgan fingerprint density at radius 2 is 2.05 bits per heavy atom. The average molecular weight is 301 g/mol. The fraction of sp³-hybridized carbons (Fsp3) is 0.385. The number of aliphatic hydroxyl groups is 1. The molecule has 0 aliphatic carbocycles. The highest BCUT2D eigenvalue weighted by atomic mass is 35.5. The van der Waals surface area contributed by atoms with E-state index in [1.807, 2.05) is 0 Å². The number of carboxylic acid groups (broad SMARTS) is 1. The monoisotopic (exact) mass is 300 g/mol. The Kier molecular flexibility index (Phi) is 6.27. The summed E-state index contributed by atoms with van der Waals surface area (Å²) in [4.78, 5) is 24.1. The first-order valence-electron chi connectivity index (χ1n) is 6.04. The Morgan fingerprint density at radius 3 is 2.60 bits per heavy atom. The summed E-state index contributed by atoms with van der Waals surface area (Å²) in [6.07, 6.45) is -0.0407. The van der Waals surface area contributed by atoms with Crippen molar-refractivity contribution < 1.29 is 19.8 Å². The van der Waals surface area contributed by atoms with Crippen molar-refractivity contribution in [1.82, 2.24) is 10.2 Å². The van der Waals surface area contributed by atoms with Crippen LogP contribution in [0.1, 0.15) is 12.0 Å². The van der Waals surface area contributed by atoms with Crippen LogP contribution < -0.4 is 5.32 Å². The summed E-state index contributed by atoms with van der Waals surface area (Å²) >= 11 is 5.99. The van der Waals surface area contributed by atoms with Gasteiger partial charge in [-0.15, -0.1) is 0 Å². The van der Waals surface area contributed by atoms with Crippen molar-refractivity contribution in [3.05, 3.63) is 34.9 Å². The number of carbonyl (C=O) groups is 2. The number of urea groups is 1. The van der Waals surface area contributed by atoms with Gasteiger partial charge in [0.2, 0.25) is 0 Å². The highest BCUT2D eigenvalue weighted by molar-refractivity contribution is 6.31. The number of rotatable bonds is 6. The number of nitrogens with one attached hydrogen (secondary N) is 1. The molecule has 0 bridgehead atoms. The van der Waals surface area contributed by atoms with Crippen LogP contribution in [0.2, 0.25) is 5.02 Å². The fourth-order valence-corrected chi connectivity index (χ4v) is 1.80. The van der Waals surface area contributed by atoms with Crippen molar-refractivity contribution in [2.75, 3.05) is 13.7 Å². The van der Waals surface area contributed by atoms with E-state index < -0.39 is 18.0 Å². The van der Waals surface area contributed by atoms with Gasteiger partial charge in [-0.25, -0.2) is 9.59 Å². The molecule has 0 saturated carbocycles. The van der Waals surface area contributed by atoms with E-state index in [0.717, 1.165) is 5.56 Å². The number of carbonyl (C=O) groups excluding carboxylic acids is 1. The van der Waals surface area contributed by atoms with E-state index in [4.69, 9.17) is 21.8 Å². The minimum atomic E-state index is -1.18. The van der Waals surface area contributed by atoms with Gasteiger partial charge in [0.25, 0.3) is 0 Å². The third-order valence-electron chi connectivity index (χ3n) is 2.73. The van der Waals surface area contributed by atoms with Crippen LogP contribution in [0.25, 0.3) is 0 Å². The third kappa shape index (κ3) is 4.71. The standard InChI is InChI=1S/C13H17ClN2O4/c1-16(8-9-4-2-3-5-10(9)14)13(20)15-11(6-7-17)12(18)19/h2-5,11,17H,6-8H2,1H3,(H,15,20)(H,18,19)/t11-/m1/s1. The van der Waals surface area contributed by atoms with Crippen LogP contribution in [0.4, 0.5) is 4.79 Å². The molecular formula is C13H17ClN2O4. The first-order valence-corrected chi connectivity index (χ1v) is 6.42. The lowest BCUT2D eigenvalue weighted by molar-refractivity contribution is -0.139. The summed E-state index contributed by atoms with van der Waals surface area (Å²) in [6, 6.07) is 5.45. The van der Waals surface area contributed by atoms with E-state index in [1.165, 1.54) is 11.9 Å². The van der Waals surface area contributed by atoms with Crippen LogP contribution in [-0.4, -0.2) is 46.8 Å². The van der Waals surface area contributed by atoms with Gasteiger partial charge < -0.3 is 20.4 Å². The highest BCUT2D eigenvalue weighted by Gasteiger charge is 2.21. The van der Waals surface area contributed by atoms with Crippen LogP contribution in [-0.2, 0) is 11.3 Å². The summed E-state index contributed by atoms with van der Waals surface area (Å²) < 4.78 is 0. The van der Waals surface area contributed by atoms with Crippen LogP contribution in [0.5, 0.6) is 0 Å². The minimum Gasteiger partial charge on any atom is -0.480 e. The smallest absolute Gasteiger partial charge is 0.326 e. The van der Waals surface area contributed by atoms with Gasteiger partial charge in [-0.05, 0) is 11.6 Å². The molecule has 110 valence electrons. The van der Waals surface area contributed by atoms with Crippen LogP contribution in [0.15, 0.2) is 24.3 Å². The van der Waals surface area contributed by atoms with Gasteiger partial charge in [-0.1, -0.05) is 29.8 Å². The van der Waals surface area contributed by atoms with Crippen molar-refractivity contribution >= 4 is 23.6 Å². The maximum absolute atomic E-state index is 11.9. The summed E-state index contributed by atoms with van der Waals surface area (Å²) in [5.74, 6) is -1.18. The molecule has 1 aromatic carbocycles. The Balaban J connectivity index is 2.63. The van der Waals surface area contributed by atoms with E-state index in [-0.39, 0.29) is 19.6 Å². The Bertz CT molecular complexity index is 481. The number of nitrogens with zero attached hydrogens (tertiary/aromatic N) is 1. The van der Waals surface area contributed by atoms with E-state index in [0.29, 0.717) is 5.02 Å². The molecule has 1 rings (SSSR count). The Hall–Kier alpha value is -1.79. The molecule has 2 amide bonds. The van der Waals surface area contributed by atoms with E-state index >= 15 is 0 Å². The van der Waals surface area contributed by atoms with Crippen molar-refractivity contribution in [2.24, 2.45) is 0 Å². The normalized spacial score (nSPS) is 11.8. The molecular weight excluding hydrogens is 284 g/mol. The molecule has 0 aromatic heterocycles. The van der Waals surface area contributed by atoms with Crippen molar-refractivity contribution in [3.63, 3.8) is 0 Å². The van der Waals surface area contributed by atoms with Crippen molar-refractivity contribution in [3.8, 4) is 0 Å². The zero-order valence-electron chi connectivity index (χ0n) is 11.0. The molecule has 20 heavy (non-hydrogen) atoms. The van der Waals surface area contributed by atoms with Gasteiger partial charge in [0.1, 0.15) is 6.04 Å². The molecule has 6 nitrogen and oxygen atoms in total. The second-order valence-corrected chi connectivity index (χ2v) is 4.71. The first kappa shape index (κ1) is 16.3. The van der Waals surface area contributed by atoms with E-state index in [9.17, 15) is 9.59 Å². The van der Waals surface area contributed by atoms with E-state index in [1.54, 1.807) is 24.3 Å². The number of aliphatic carboxylic acids is 1. The zero-order valence-corrected chi connectivity index (χ0v) is 11.8. The predicted octanol–water partition coefficient (Wildman–Crippen LogP) is 1.32. The SMILES string of the molecule is CN(Cc1ccccc1Cl)C(=O)N[C@H](CCO)C(=O)O. The van der Waals surface area contributed by atoms with Gasteiger partial charge in [0.15, 0.2) is 0 Å². The molecule has 0 spiro atoms. The van der Waals surface area contributed by atoms with Gasteiger partial charge in [-0.3, -0.25) is 0 Å². The maximum Gasteiger partial charge on any atom is 0.326 e. The largest absolute Gasteiger partial charge is 0.480 e. The number of aliphatic hydroxyl groups excluding tert-OH is 1. The number of halogens is 1. The van der Waals surface area contributed by atoms with Gasteiger partial charge in [0.05, 0.1) is 0 Å². The molecule has 0 aliphatic rings. The molecule has 0 aliphatic heterocycles. The molecule has 0 saturated heterocycles. The number of hydrogen-bond donors (Lipinski definition) is 3. The Labute approximate surface area is 122 Å². The van der Waals surface area contributed by atoms with Gasteiger partial charge >= 0.3 is 12.0 Å². The topological polar surface area (TPSA) is 89.9 Å². The molecule has 7 heteroatoms. The molecule has 1 aromatic rings. The summed E-state index contributed by atoms with van der Waals surface area (Å²) in [6.45, 7) is -0.0531. The summed E-state index contributed by atoms with van der Waals surface area (Å²) in [7, 11) is 1.54. The lowest BCUT2D eigenvalue weighted by atomic mass is 10.2. The summed E-state index contributed by atoms with van der Waals surface area (Å²) in [5, 5.41) is 20.5. The van der Waals surface area contributed by atoms with Crippen LogP contribution in [0, 0.1) is 0 Å². The third-order valence-corrected chi connectivity index (χ3v) is 3.09. The Morgan fingerprint density at radius 1 is 1.40 bits per heavy atom. The van der Waals surface area contributed by atoms with Crippen LogP contribution >= 0.6 is 11.6 Å².